The monoisotopic (exact) mass is 261 g/mol. The summed E-state index contributed by atoms with van der Waals surface area (Å²) in [6.45, 7) is 3.94. The first kappa shape index (κ1) is 14.1. The minimum absolute atomic E-state index is 0.0107. The number of aliphatic hydroxyl groups excluding tert-OH is 1. The molecule has 0 bridgehead atoms. The van der Waals surface area contributed by atoms with Crippen LogP contribution in [0, 0.1) is 6.92 Å². The van der Waals surface area contributed by atoms with E-state index in [1.807, 2.05) is 38.1 Å². The topological polar surface area (TPSA) is 49.3 Å². The normalized spacial score (nSPS) is 24.8. The molecule has 0 heterocycles. The predicted octanol–water partition coefficient (Wildman–Crippen LogP) is 2.52. The average molecular weight is 261 g/mol. The molecular formula is C16H23NO2. The van der Waals surface area contributed by atoms with Gasteiger partial charge >= 0.3 is 0 Å². The summed E-state index contributed by atoms with van der Waals surface area (Å²) >= 11 is 0. The highest BCUT2D eigenvalue weighted by atomic mass is 16.3. The largest absolute Gasteiger partial charge is 0.391 e. The smallest absolute Gasteiger partial charge is 0.227 e. The van der Waals surface area contributed by atoms with Crippen molar-refractivity contribution >= 4 is 5.91 Å². The molecule has 1 aliphatic rings. The van der Waals surface area contributed by atoms with E-state index in [2.05, 4.69) is 5.32 Å². The Kier molecular flexibility index (Phi) is 4.59. The number of benzene rings is 1. The highest BCUT2D eigenvalue weighted by Gasteiger charge is 2.26. The Morgan fingerprint density at radius 3 is 2.79 bits per heavy atom. The van der Waals surface area contributed by atoms with Crippen molar-refractivity contribution in [2.75, 3.05) is 0 Å². The van der Waals surface area contributed by atoms with Crippen molar-refractivity contribution in [3.63, 3.8) is 0 Å². The third-order valence-electron chi connectivity index (χ3n) is 3.99. The second-order valence-corrected chi connectivity index (χ2v) is 5.60. The Morgan fingerprint density at radius 2 is 2.11 bits per heavy atom. The molecule has 1 aromatic rings. The minimum atomic E-state index is -0.387. The van der Waals surface area contributed by atoms with E-state index in [1.54, 1.807) is 0 Å². The fourth-order valence-electron chi connectivity index (χ4n) is 2.68. The van der Waals surface area contributed by atoms with Crippen LogP contribution in [0.5, 0.6) is 0 Å². The number of carbonyl (C=O) groups is 1. The van der Waals surface area contributed by atoms with Crippen LogP contribution in [0.1, 0.15) is 49.7 Å². The molecule has 0 spiro atoms. The SMILES string of the molecule is Cc1cccc(C(C)C(=O)NC2CCCCC2O)c1. The Balaban J connectivity index is 1.99. The maximum atomic E-state index is 12.2. The van der Waals surface area contributed by atoms with Crippen LogP contribution in [-0.2, 0) is 4.79 Å². The van der Waals surface area contributed by atoms with Gasteiger partial charge < -0.3 is 10.4 Å². The quantitative estimate of drug-likeness (QED) is 0.878. The van der Waals surface area contributed by atoms with Gasteiger partial charge in [0.05, 0.1) is 18.1 Å². The number of amides is 1. The first-order chi connectivity index (χ1) is 9.08. The van der Waals surface area contributed by atoms with Gasteiger partial charge in [0.25, 0.3) is 0 Å². The summed E-state index contributed by atoms with van der Waals surface area (Å²) in [5.74, 6) is -0.162. The van der Waals surface area contributed by atoms with Gasteiger partial charge in [0, 0.05) is 0 Å². The van der Waals surface area contributed by atoms with E-state index in [9.17, 15) is 9.90 Å². The second kappa shape index (κ2) is 6.20. The Morgan fingerprint density at radius 1 is 1.37 bits per heavy atom. The summed E-state index contributed by atoms with van der Waals surface area (Å²) in [4.78, 5) is 12.2. The van der Waals surface area contributed by atoms with Crippen molar-refractivity contribution in [1.82, 2.24) is 5.32 Å². The van der Waals surface area contributed by atoms with Crippen molar-refractivity contribution in [1.29, 1.82) is 0 Å². The summed E-state index contributed by atoms with van der Waals surface area (Å²) in [7, 11) is 0. The van der Waals surface area contributed by atoms with Gasteiger partial charge in [-0.3, -0.25) is 4.79 Å². The summed E-state index contributed by atoms with van der Waals surface area (Å²) < 4.78 is 0. The molecular weight excluding hydrogens is 238 g/mol. The highest BCUT2D eigenvalue weighted by molar-refractivity contribution is 5.83. The zero-order valence-electron chi connectivity index (χ0n) is 11.7. The first-order valence-electron chi connectivity index (χ1n) is 7.13. The zero-order valence-corrected chi connectivity index (χ0v) is 11.7. The van der Waals surface area contributed by atoms with Gasteiger partial charge in [-0.25, -0.2) is 0 Å². The maximum Gasteiger partial charge on any atom is 0.227 e. The van der Waals surface area contributed by atoms with Crippen molar-refractivity contribution in [3.8, 4) is 0 Å². The molecule has 2 N–H and O–H groups in total. The lowest BCUT2D eigenvalue weighted by Crippen LogP contribution is -2.46. The van der Waals surface area contributed by atoms with E-state index in [-0.39, 0.29) is 24.0 Å². The molecule has 1 aliphatic carbocycles. The highest BCUT2D eigenvalue weighted by Crippen LogP contribution is 2.21. The molecule has 104 valence electrons. The molecule has 19 heavy (non-hydrogen) atoms. The van der Waals surface area contributed by atoms with Crippen molar-refractivity contribution in [2.24, 2.45) is 0 Å². The van der Waals surface area contributed by atoms with Gasteiger partial charge in [0.2, 0.25) is 5.91 Å². The fraction of sp³-hybridized carbons (Fsp3) is 0.562. The van der Waals surface area contributed by atoms with E-state index < -0.39 is 0 Å². The third-order valence-corrected chi connectivity index (χ3v) is 3.99. The van der Waals surface area contributed by atoms with Crippen LogP contribution in [-0.4, -0.2) is 23.2 Å². The lowest BCUT2D eigenvalue weighted by Gasteiger charge is -2.29. The molecule has 0 radical (unpaired) electrons. The zero-order chi connectivity index (χ0) is 13.8. The third kappa shape index (κ3) is 3.57. The molecule has 0 saturated heterocycles. The number of nitrogens with one attached hydrogen (secondary N) is 1. The maximum absolute atomic E-state index is 12.2. The van der Waals surface area contributed by atoms with E-state index in [0.29, 0.717) is 0 Å². The Hall–Kier alpha value is -1.35. The average Bonchev–Trinajstić information content (AvgIpc) is 2.40. The van der Waals surface area contributed by atoms with Crippen LogP contribution in [0.4, 0.5) is 0 Å². The van der Waals surface area contributed by atoms with E-state index in [4.69, 9.17) is 0 Å². The predicted molar refractivity (Wildman–Crippen MR) is 76.0 cm³/mol. The standard InChI is InChI=1S/C16H23NO2/c1-11-6-5-7-13(10-11)12(2)16(19)17-14-8-3-4-9-15(14)18/h5-7,10,12,14-15,18H,3-4,8-9H2,1-2H3,(H,17,19). The van der Waals surface area contributed by atoms with Crippen molar-refractivity contribution in [3.05, 3.63) is 35.4 Å². The molecule has 1 amide bonds. The Bertz CT molecular complexity index is 444. The van der Waals surface area contributed by atoms with Crippen molar-refractivity contribution < 1.29 is 9.90 Å². The minimum Gasteiger partial charge on any atom is -0.391 e. The number of hydrogen-bond acceptors (Lipinski definition) is 2. The second-order valence-electron chi connectivity index (χ2n) is 5.60. The molecule has 3 heteroatoms. The van der Waals surface area contributed by atoms with Crippen LogP contribution in [0.2, 0.25) is 0 Å². The van der Waals surface area contributed by atoms with Gasteiger partial charge in [0.15, 0.2) is 0 Å². The molecule has 1 fully saturated rings. The van der Waals surface area contributed by atoms with E-state index in [0.717, 1.165) is 36.8 Å². The van der Waals surface area contributed by atoms with Gasteiger partial charge in [-0.2, -0.15) is 0 Å². The summed E-state index contributed by atoms with van der Waals surface area (Å²) in [5, 5.41) is 12.9. The molecule has 1 aromatic carbocycles. The summed E-state index contributed by atoms with van der Waals surface area (Å²) in [5.41, 5.74) is 2.19. The van der Waals surface area contributed by atoms with Crippen LogP contribution < -0.4 is 5.32 Å². The van der Waals surface area contributed by atoms with Gasteiger partial charge in [-0.15, -0.1) is 0 Å². The molecule has 3 atom stereocenters. The van der Waals surface area contributed by atoms with Crippen LogP contribution in [0.3, 0.4) is 0 Å². The van der Waals surface area contributed by atoms with Gasteiger partial charge in [0.1, 0.15) is 0 Å². The molecule has 2 rings (SSSR count). The molecule has 3 nitrogen and oxygen atoms in total. The molecule has 3 unspecified atom stereocenters. The van der Waals surface area contributed by atoms with Crippen LogP contribution in [0.25, 0.3) is 0 Å². The fourth-order valence-corrected chi connectivity index (χ4v) is 2.68. The lowest BCUT2D eigenvalue weighted by atomic mass is 9.91. The lowest BCUT2D eigenvalue weighted by molar-refractivity contribution is -0.124. The van der Waals surface area contributed by atoms with Crippen LogP contribution in [0.15, 0.2) is 24.3 Å². The summed E-state index contributed by atoms with van der Waals surface area (Å²) in [6, 6.07) is 7.95. The summed E-state index contributed by atoms with van der Waals surface area (Å²) in [6.07, 6.45) is 3.43. The first-order valence-corrected chi connectivity index (χ1v) is 7.13. The van der Waals surface area contributed by atoms with Crippen molar-refractivity contribution in [2.45, 2.75) is 57.6 Å². The number of carbonyl (C=O) groups excluding carboxylic acids is 1. The molecule has 1 saturated carbocycles. The number of rotatable bonds is 3. The van der Waals surface area contributed by atoms with Gasteiger partial charge in [-0.1, -0.05) is 42.7 Å². The van der Waals surface area contributed by atoms with Gasteiger partial charge in [-0.05, 0) is 32.3 Å². The Labute approximate surface area is 115 Å². The van der Waals surface area contributed by atoms with E-state index in [1.165, 1.54) is 0 Å². The number of aliphatic hydroxyl groups is 1. The number of hydrogen-bond donors (Lipinski definition) is 2. The van der Waals surface area contributed by atoms with Crippen LogP contribution >= 0.6 is 0 Å². The molecule has 0 aliphatic heterocycles. The number of aryl methyl sites for hydroxylation is 1. The molecule has 0 aromatic heterocycles. The van der Waals surface area contributed by atoms with E-state index >= 15 is 0 Å².